The second kappa shape index (κ2) is 8.20. The van der Waals surface area contributed by atoms with E-state index in [1.165, 1.54) is 6.40 Å². The van der Waals surface area contributed by atoms with Gasteiger partial charge < -0.3 is 4.84 Å². The number of aliphatic imine (C=N–C) groups is 1. The molecule has 94 valence electrons. The van der Waals surface area contributed by atoms with E-state index >= 15 is 0 Å². The van der Waals surface area contributed by atoms with Gasteiger partial charge in [-0.25, -0.2) is 0 Å². The van der Waals surface area contributed by atoms with Crippen molar-refractivity contribution in [1.82, 2.24) is 0 Å². The van der Waals surface area contributed by atoms with Crippen LogP contribution in [0, 0.1) is 0 Å². The summed E-state index contributed by atoms with van der Waals surface area (Å²) in [5.41, 5.74) is 1.09. The minimum Gasteiger partial charge on any atom is -0.345 e. The van der Waals surface area contributed by atoms with Crippen molar-refractivity contribution in [3.63, 3.8) is 0 Å². The molecule has 0 radical (unpaired) electrons. The fraction of sp³-hybridized carbons (Fsp3) is 0.143. The summed E-state index contributed by atoms with van der Waals surface area (Å²) >= 11 is 1.63. The molecule has 1 heterocycles. The Labute approximate surface area is 112 Å². The predicted molar refractivity (Wildman–Crippen MR) is 80.4 cm³/mol. The molecule has 1 aromatic heterocycles. The molecule has 0 aromatic carbocycles. The molecule has 4 heteroatoms. The van der Waals surface area contributed by atoms with Crippen LogP contribution in [0.15, 0.2) is 53.2 Å². The minimum atomic E-state index is 1.02. The molecule has 0 unspecified atom stereocenters. The molecular formula is C14H16N2OS. The molecule has 0 bridgehead atoms. The van der Waals surface area contributed by atoms with Gasteiger partial charge in [0.05, 0.1) is 6.21 Å². The fourth-order valence-corrected chi connectivity index (χ4v) is 2.08. The summed E-state index contributed by atoms with van der Waals surface area (Å²) < 4.78 is 0. The van der Waals surface area contributed by atoms with Gasteiger partial charge in [-0.1, -0.05) is 36.0 Å². The van der Waals surface area contributed by atoms with E-state index in [0.717, 1.165) is 15.3 Å². The number of hydrogen-bond acceptors (Lipinski definition) is 4. The molecule has 0 saturated heterocycles. The SMILES string of the molecule is C=C/C(=C\C=C/C)c1ccc(/C=N/O/C=N\C)s1. The first kappa shape index (κ1) is 14.1. The molecule has 0 atom stereocenters. The number of nitrogens with zero attached hydrogens (tertiary/aromatic N) is 2. The zero-order valence-electron chi connectivity index (χ0n) is 10.5. The molecule has 0 aliphatic rings. The van der Waals surface area contributed by atoms with Gasteiger partial charge in [-0.05, 0) is 24.6 Å². The molecule has 0 aliphatic heterocycles. The summed E-state index contributed by atoms with van der Waals surface area (Å²) in [6.07, 6.45) is 10.8. The molecular weight excluding hydrogens is 244 g/mol. The third-order valence-corrected chi connectivity index (χ3v) is 3.06. The average molecular weight is 260 g/mol. The monoisotopic (exact) mass is 260 g/mol. The van der Waals surface area contributed by atoms with E-state index in [9.17, 15) is 0 Å². The molecule has 1 rings (SSSR count). The van der Waals surface area contributed by atoms with Gasteiger partial charge in [-0.3, -0.25) is 4.99 Å². The standard InChI is InChI=1S/C14H16N2OS/c1-4-6-7-12(5-2)14-9-8-13(18-14)10-16-17-11-15-3/h4-11H,2H2,1,3H3/b6-4-,12-7+,15-11-,16-10+. The van der Waals surface area contributed by atoms with Crippen LogP contribution in [0.25, 0.3) is 5.57 Å². The van der Waals surface area contributed by atoms with Crippen molar-refractivity contribution in [2.75, 3.05) is 7.05 Å². The second-order valence-corrected chi connectivity index (χ2v) is 4.37. The maximum atomic E-state index is 4.79. The smallest absolute Gasteiger partial charge is 0.207 e. The Morgan fingerprint density at radius 3 is 2.94 bits per heavy atom. The quantitative estimate of drug-likeness (QED) is 0.330. The van der Waals surface area contributed by atoms with Gasteiger partial charge in [0.2, 0.25) is 6.40 Å². The first-order valence-corrected chi connectivity index (χ1v) is 6.29. The number of allylic oxidation sites excluding steroid dienone is 5. The lowest BCUT2D eigenvalue weighted by Crippen LogP contribution is -1.78. The molecule has 0 N–H and O–H groups in total. The topological polar surface area (TPSA) is 34.0 Å². The maximum absolute atomic E-state index is 4.79. The lowest BCUT2D eigenvalue weighted by Gasteiger charge is -1.94. The highest BCUT2D eigenvalue weighted by Crippen LogP contribution is 2.24. The second-order valence-electron chi connectivity index (χ2n) is 3.26. The Balaban J connectivity index is 2.78. The summed E-state index contributed by atoms with van der Waals surface area (Å²) in [5.74, 6) is 0. The third-order valence-electron chi connectivity index (χ3n) is 1.99. The van der Waals surface area contributed by atoms with E-state index in [-0.39, 0.29) is 0 Å². The summed E-state index contributed by atoms with van der Waals surface area (Å²) in [4.78, 5) is 10.6. The number of thiophene rings is 1. The normalized spacial score (nSPS) is 12.9. The van der Waals surface area contributed by atoms with E-state index in [2.05, 4.69) is 16.7 Å². The Hall–Kier alpha value is -1.94. The molecule has 0 spiro atoms. The summed E-state index contributed by atoms with van der Waals surface area (Å²) in [6.45, 7) is 5.80. The Morgan fingerprint density at radius 1 is 1.44 bits per heavy atom. The van der Waals surface area contributed by atoms with Gasteiger partial charge in [0.15, 0.2) is 0 Å². The van der Waals surface area contributed by atoms with Crippen LogP contribution in [0.5, 0.6) is 0 Å². The minimum absolute atomic E-state index is 1.02. The van der Waals surface area contributed by atoms with Crippen molar-refractivity contribution < 1.29 is 4.84 Å². The van der Waals surface area contributed by atoms with E-state index in [1.807, 2.05) is 43.4 Å². The summed E-state index contributed by atoms with van der Waals surface area (Å²) in [6, 6.07) is 4.03. The lowest BCUT2D eigenvalue weighted by atomic mass is 10.2. The zero-order chi connectivity index (χ0) is 13.2. The highest BCUT2D eigenvalue weighted by Gasteiger charge is 2.00. The largest absolute Gasteiger partial charge is 0.345 e. The molecule has 0 fully saturated rings. The Bertz CT molecular complexity index is 496. The molecule has 1 aromatic rings. The summed E-state index contributed by atoms with van der Waals surface area (Å²) in [5, 5.41) is 3.77. The molecule has 0 saturated carbocycles. The van der Waals surface area contributed by atoms with Crippen molar-refractivity contribution in [3.8, 4) is 0 Å². The van der Waals surface area contributed by atoms with Crippen LogP contribution in [-0.4, -0.2) is 19.7 Å². The average Bonchev–Trinajstić information content (AvgIpc) is 2.84. The first-order chi connectivity index (χ1) is 8.81. The highest BCUT2D eigenvalue weighted by molar-refractivity contribution is 7.14. The Kier molecular flexibility index (Phi) is 6.43. The molecule has 0 amide bonds. The van der Waals surface area contributed by atoms with Gasteiger partial charge in [0.1, 0.15) is 0 Å². The van der Waals surface area contributed by atoms with Crippen LogP contribution in [0.2, 0.25) is 0 Å². The van der Waals surface area contributed by atoms with Crippen LogP contribution in [0.1, 0.15) is 16.7 Å². The summed E-state index contributed by atoms with van der Waals surface area (Å²) in [7, 11) is 1.63. The van der Waals surface area contributed by atoms with Crippen molar-refractivity contribution in [1.29, 1.82) is 0 Å². The van der Waals surface area contributed by atoms with Crippen molar-refractivity contribution in [3.05, 3.63) is 52.8 Å². The van der Waals surface area contributed by atoms with Crippen LogP contribution < -0.4 is 0 Å². The van der Waals surface area contributed by atoms with Gasteiger partial charge in [-0.2, -0.15) is 0 Å². The van der Waals surface area contributed by atoms with Crippen molar-refractivity contribution >= 4 is 29.5 Å². The molecule has 0 aliphatic carbocycles. The van der Waals surface area contributed by atoms with Gasteiger partial charge in [-0.15, -0.1) is 11.3 Å². The van der Waals surface area contributed by atoms with E-state index in [1.54, 1.807) is 24.6 Å². The van der Waals surface area contributed by atoms with Crippen molar-refractivity contribution in [2.45, 2.75) is 6.92 Å². The van der Waals surface area contributed by atoms with Crippen LogP contribution >= 0.6 is 11.3 Å². The van der Waals surface area contributed by atoms with E-state index in [4.69, 9.17) is 4.84 Å². The highest BCUT2D eigenvalue weighted by atomic mass is 32.1. The first-order valence-electron chi connectivity index (χ1n) is 5.47. The van der Waals surface area contributed by atoms with E-state index < -0.39 is 0 Å². The van der Waals surface area contributed by atoms with Gasteiger partial charge >= 0.3 is 0 Å². The number of hydrogen-bond donors (Lipinski definition) is 0. The lowest BCUT2D eigenvalue weighted by molar-refractivity contribution is 0.347. The fourth-order valence-electron chi connectivity index (χ4n) is 1.18. The van der Waals surface area contributed by atoms with Gasteiger partial charge in [0.25, 0.3) is 0 Å². The maximum Gasteiger partial charge on any atom is 0.207 e. The van der Waals surface area contributed by atoms with Gasteiger partial charge in [0, 0.05) is 16.8 Å². The number of rotatable bonds is 6. The van der Waals surface area contributed by atoms with Crippen LogP contribution in [0.4, 0.5) is 0 Å². The predicted octanol–water partition coefficient (Wildman–Crippen LogP) is 3.90. The number of oxime groups is 1. The molecule has 3 nitrogen and oxygen atoms in total. The third kappa shape index (κ3) is 4.51. The zero-order valence-corrected chi connectivity index (χ0v) is 11.4. The van der Waals surface area contributed by atoms with Crippen molar-refractivity contribution in [2.24, 2.45) is 10.1 Å². The Morgan fingerprint density at radius 2 is 2.28 bits per heavy atom. The van der Waals surface area contributed by atoms with Crippen LogP contribution in [-0.2, 0) is 4.84 Å². The van der Waals surface area contributed by atoms with E-state index in [0.29, 0.717) is 0 Å². The molecule has 18 heavy (non-hydrogen) atoms. The van der Waals surface area contributed by atoms with Crippen LogP contribution in [0.3, 0.4) is 0 Å².